The molecule has 1 atom stereocenters. The summed E-state index contributed by atoms with van der Waals surface area (Å²) in [6, 6.07) is 20.9. The molecule has 2 aromatic carbocycles. The highest BCUT2D eigenvalue weighted by Crippen LogP contribution is 2.24. The fourth-order valence-electron chi connectivity index (χ4n) is 3.83. The van der Waals surface area contributed by atoms with Crippen molar-refractivity contribution in [1.29, 1.82) is 0 Å². The lowest BCUT2D eigenvalue weighted by atomic mass is 10.1. The molecule has 0 fully saturated rings. The molecule has 0 saturated heterocycles. The van der Waals surface area contributed by atoms with Crippen LogP contribution in [0.5, 0.6) is 0 Å². The first kappa shape index (κ1) is 23.1. The van der Waals surface area contributed by atoms with Gasteiger partial charge in [0.25, 0.3) is 17.4 Å². The van der Waals surface area contributed by atoms with Crippen LogP contribution in [-0.4, -0.2) is 26.3 Å². The maximum absolute atomic E-state index is 13.3. The van der Waals surface area contributed by atoms with E-state index in [1.807, 2.05) is 0 Å². The molecule has 5 aromatic rings. The number of anilines is 1. The predicted molar refractivity (Wildman–Crippen MR) is 138 cm³/mol. The van der Waals surface area contributed by atoms with Gasteiger partial charge in [0, 0.05) is 52.5 Å². The molecule has 9 heteroatoms. The van der Waals surface area contributed by atoms with E-state index in [9.17, 15) is 14.4 Å². The highest BCUT2D eigenvalue weighted by molar-refractivity contribution is 6.35. The van der Waals surface area contributed by atoms with Gasteiger partial charge < -0.3 is 15.6 Å². The summed E-state index contributed by atoms with van der Waals surface area (Å²) >= 11 is 6.13. The van der Waals surface area contributed by atoms with Crippen molar-refractivity contribution in [2.75, 3.05) is 5.32 Å². The highest BCUT2D eigenvalue weighted by atomic mass is 35.5. The lowest BCUT2D eigenvalue weighted by Crippen LogP contribution is -2.37. The van der Waals surface area contributed by atoms with Gasteiger partial charge >= 0.3 is 0 Å². The molecule has 0 spiro atoms. The summed E-state index contributed by atoms with van der Waals surface area (Å²) in [5, 5.41) is 6.96. The molecule has 5 rings (SSSR count). The standard InChI is InChI=1S/C27H20ClN5O3/c28-21-16-30-23-15-17(7-12-20(21)23)26(35)32-25(22-5-1-3-13-29-22)27(36)31-18-8-10-19(11-9-18)33-14-4-2-6-24(33)34/h1-16,25,30H,(H,31,36)(H,32,35). The van der Waals surface area contributed by atoms with Crippen LogP contribution in [0.4, 0.5) is 5.69 Å². The molecule has 8 nitrogen and oxygen atoms in total. The number of nitrogens with one attached hydrogen (secondary N) is 3. The molecule has 3 aromatic heterocycles. The first-order valence-corrected chi connectivity index (χ1v) is 11.4. The van der Waals surface area contributed by atoms with Crippen molar-refractivity contribution in [2.45, 2.75) is 6.04 Å². The number of carbonyl (C=O) groups is 2. The van der Waals surface area contributed by atoms with Crippen LogP contribution in [0, 0.1) is 0 Å². The fourth-order valence-corrected chi connectivity index (χ4v) is 4.05. The summed E-state index contributed by atoms with van der Waals surface area (Å²) in [5.41, 5.74) is 2.47. The minimum atomic E-state index is -1.04. The molecule has 0 aliphatic rings. The largest absolute Gasteiger partial charge is 0.360 e. The van der Waals surface area contributed by atoms with E-state index in [1.165, 1.54) is 10.6 Å². The molecule has 0 bridgehead atoms. The number of fused-ring (bicyclic) bond motifs is 1. The average molecular weight is 498 g/mol. The Morgan fingerprint density at radius 2 is 1.78 bits per heavy atom. The Labute approximate surface area is 210 Å². The number of H-pyrrole nitrogens is 1. The number of aromatic amines is 1. The maximum atomic E-state index is 13.3. The van der Waals surface area contributed by atoms with Crippen LogP contribution < -0.4 is 16.2 Å². The highest BCUT2D eigenvalue weighted by Gasteiger charge is 2.25. The molecule has 1 unspecified atom stereocenters. The zero-order valence-electron chi connectivity index (χ0n) is 18.8. The van der Waals surface area contributed by atoms with Crippen molar-refractivity contribution in [1.82, 2.24) is 19.9 Å². The third-order valence-electron chi connectivity index (χ3n) is 5.65. The maximum Gasteiger partial charge on any atom is 0.255 e. The van der Waals surface area contributed by atoms with Crippen LogP contribution >= 0.6 is 11.6 Å². The van der Waals surface area contributed by atoms with Crippen molar-refractivity contribution >= 4 is 40.0 Å². The zero-order valence-corrected chi connectivity index (χ0v) is 19.6. The van der Waals surface area contributed by atoms with E-state index in [1.54, 1.807) is 91.4 Å². The van der Waals surface area contributed by atoms with Crippen molar-refractivity contribution < 1.29 is 9.59 Å². The number of hydrogen-bond donors (Lipinski definition) is 3. The number of pyridine rings is 2. The summed E-state index contributed by atoms with van der Waals surface area (Å²) in [4.78, 5) is 45.7. The second-order valence-electron chi connectivity index (χ2n) is 8.00. The van der Waals surface area contributed by atoms with Crippen LogP contribution in [-0.2, 0) is 4.79 Å². The number of nitrogens with zero attached hydrogens (tertiary/aromatic N) is 2. The number of halogens is 1. The molecule has 2 amide bonds. The van der Waals surface area contributed by atoms with E-state index in [2.05, 4.69) is 20.6 Å². The monoisotopic (exact) mass is 497 g/mol. The van der Waals surface area contributed by atoms with Gasteiger partial charge in [0.05, 0.1) is 10.7 Å². The lowest BCUT2D eigenvalue weighted by Gasteiger charge is -2.18. The van der Waals surface area contributed by atoms with Gasteiger partial charge in [-0.25, -0.2) is 0 Å². The topological polar surface area (TPSA) is 109 Å². The van der Waals surface area contributed by atoms with E-state index >= 15 is 0 Å². The van der Waals surface area contributed by atoms with E-state index in [-0.39, 0.29) is 5.56 Å². The van der Waals surface area contributed by atoms with Gasteiger partial charge in [0.15, 0.2) is 6.04 Å². The lowest BCUT2D eigenvalue weighted by molar-refractivity contribution is -0.118. The Kier molecular flexibility index (Phi) is 6.34. The first-order chi connectivity index (χ1) is 17.5. The number of rotatable bonds is 6. The summed E-state index contributed by atoms with van der Waals surface area (Å²) in [6.07, 6.45) is 4.87. The summed E-state index contributed by atoms with van der Waals surface area (Å²) in [6.45, 7) is 0. The van der Waals surface area contributed by atoms with Gasteiger partial charge in [0.1, 0.15) is 0 Å². The molecule has 3 heterocycles. The number of aromatic nitrogens is 3. The SMILES string of the molecule is O=C(NC(C(=O)Nc1ccc(-n2ccccc2=O)cc1)c1ccccn1)c1ccc2c(Cl)c[nH]c2c1. The normalized spacial score (nSPS) is 11.7. The Hall–Kier alpha value is -4.69. The first-order valence-electron chi connectivity index (χ1n) is 11.1. The van der Waals surface area contributed by atoms with Gasteiger partial charge in [-0.3, -0.25) is 23.9 Å². The number of benzene rings is 2. The van der Waals surface area contributed by atoms with Crippen LogP contribution in [0.15, 0.2) is 102 Å². The summed E-state index contributed by atoms with van der Waals surface area (Å²) < 4.78 is 1.50. The number of carbonyl (C=O) groups excluding carboxylic acids is 2. The molecule has 36 heavy (non-hydrogen) atoms. The second-order valence-corrected chi connectivity index (χ2v) is 8.41. The molecular formula is C27H20ClN5O3. The van der Waals surface area contributed by atoms with Gasteiger partial charge in [-0.2, -0.15) is 0 Å². The summed E-state index contributed by atoms with van der Waals surface area (Å²) in [7, 11) is 0. The van der Waals surface area contributed by atoms with E-state index in [4.69, 9.17) is 11.6 Å². The van der Waals surface area contributed by atoms with E-state index in [0.717, 1.165) is 5.39 Å². The molecule has 0 aliphatic heterocycles. The summed E-state index contributed by atoms with van der Waals surface area (Å²) in [5.74, 6) is -0.900. The van der Waals surface area contributed by atoms with Crippen molar-refractivity contribution in [3.8, 4) is 5.69 Å². The molecular weight excluding hydrogens is 478 g/mol. The predicted octanol–water partition coefficient (Wildman–Crippen LogP) is 4.48. The van der Waals surface area contributed by atoms with Crippen LogP contribution in [0.2, 0.25) is 5.02 Å². The molecule has 3 N–H and O–H groups in total. The zero-order chi connectivity index (χ0) is 25.1. The molecule has 178 valence electrons. The molecule has 0 radical (unpaired) electrons. The quantitative estimate of drug-likeness (QED) is 0.321. The van der Waals surface area contributed by atoms with Gasteiger partial charge in [-0.1, -0.05) is 29.8 Å². The smallest absolute Gasteiger partial charge is 0.255 e. The Morgan fingerprint density at radius 1 is 0.972 bits per heavy atom. The third kappa shape index (κ3) is 4.75. The average Bonchev–Trinajstić information content (AvgIpc) is 3.28. The minimum Gasteiger partial charge on any atom is -0.360 e. The Morgan fingerprint density at radius 3 is 2.53 bits per heavy atom. The van der Waals surface area contributed by atoms with Crippen LogP contribution in [0.3, 0.4) is 0 Å². The Balaban J connectivity index is 1.37. The van der Waals surface area contributed by atoms with Crippen LogP contribution in [0.25, 0.3) is 16.6 Å². The van der Waals surface area contributed by atoms with Gasteiger partial charge in [-0.05, 0) is 54.6 Å². The van der Waals surface area contributed by atoms with E-state index in [0.29, 0.717) is 33.2 Å². The Bertz CT molecular complexity index is 1610. The second kappa shape index (κ2) is 9.89. The minimum absolute atomic E-state index is 0.160. The van der Waals surface area contributed by atoms with Crippen molar-refractivity contribution in [3.05, 3.63) is 124 Å². The van der Waals surface area contributed by atoms with Gasteiger partial charge in [-0.15, -0.1) is 0 Å². The van der Waals surface area contributed by atoms with Crippen molar-refractivity contribution in [2.24, 2.45) is 0 Å². The van der Waals surface area contributed by atoms with Gasteiger partial charge in [0.2, 0.25) is 0 Å². The van der Waals surface area contributed by atoms with Crippen molar-refractivity contribution in [3.63, 3.8) is 0 Å². The van der Waals surface area contributed by atoms with Crippen LogP contribution in [0.1, 0.15) is 22.1 Å². The molecule has 0 aliphatic carbocycles. The number of amides is 2. The fraction of sp³-hybridized carbons (Fsp3) is 0.0370. The number of hydrogen-bond acceptors (Lipinski definition) is 4. The third-order valence-corrected chi connectivity index (χ3v) is 5.96. The molecule has 0 saturated carbocycles. The van der Waals surface area contributed by atoms with E-state index < -0.39 is 17.9 Å².